The highest BCUT2D eigenvalue weighted by molar-refractivity contribution is 5.74. The van der Waals surface area contributed by atoms with Crippen LogP contribution < -0.4 is 0 Å². The Morgan fingerprint density at radius 1 is 1.52 bits per heavy atom. The number of aryl methyl sites for hydroxylation is 1. The van der Waals surface area contributed by atoms with E-state index in [-0.39, 0.29) is 6.61 Å². The van der Waals surface area contributed by atoms with Crippen molar-refractivity contribution in [2.45, 2.75) is 26.3 Å². The Morgan fingerprint density at radius 2 is 2.30 bits per heavy atom. The fourth-order valence-electron chi connectivity index (χ4n) is 2.34. The Hall–Kier alpha value is -2.34. The highest BCUT2D eigenvalue weighted by Crippen LogP contribution is 2.35. The van der Waals surface area contributed by atoms with E-state index in [2.05, 4.69) is 30.3 Å². The number of furan rings is 1. The number of rotatable bonds is 9. The van der Waals surface area contributed by atoms with Crippen molar-refractivity contribution >= 4 is 18.1 Å². The molecule has 0 fully saturated rings. The van der Waals surface area contributed by atoms with Crippen LogP contribution in [0.2, 0.25) is 0 Å². The van der Waals surface area contributed by atoms with Crippen molar-refractivity contribution in [2.75, 3.05) is 20.2 Å². The van der Waals surface area contributed by atoms with Crippen LogP contribution in [0.15, 0.2) is 34.4 Å². The molecule has 124 valence electrons. The molecule has 0 unspecified atom stereocenters. The van der Waals surface area contributed by atoms with E-state index in [4.69, 9.17) is 9.52 Å². The van der Waals surface area contributed by atoms with Gasteiger partial charge in [-0.25, -0.2) is 0 Å². The van der Waals surface area contributed by atoms with Crippen LogP contribution in [0.5, 0.6) is 0 Å². The smallest absolute Gasteiger partial charge is 0.175 e. The Bertz CT molecular complexity index is 672. The molecule has 0 aliphatic heterocycles. The van der Waals surface area contributed by atoms with Crippen molar-refractivity contribution in [3.05, 3.63) is 30.8 Å². The molecule has 2 heterocycles. The second kappa shape index (κ2) is 7.78. The summed E-state index contributed by atoms with van der Waals surface area (Å²) in [6.45, 7) is 11.5. The number of nitrogens with zero attached hydrogens (tertiary/aromatic N) is 4. The lowest BCUT2D eigenvalue weighted by Crippen LogP contribution is -2.16. The maximum absolute atomic E-state index is 8.89. The van der Waals surface area contributed by atoms with Crippen molar-refractivity contribution < 1.29 is 9.52 Å². The maximum Gasteiger partial charge on any atom is 0.175 e. The first-order valence-electron chi connectivity index (χ1n) is 7.75. The Balaban J connectivity index is 2.26. The molecular formula is C17H24N4O2. The second-order valence-corrected chi connectivity index (χ2v) is 5.42. The predicted octanol–water partition coefficient (Wildman–Crippen LogP) is 3.17. The molecule has 2 aromatic rings. The zero-order valence-electron chi connectivity index (χ0n) is 13.8. The van der Waals surface area contributed by atoms with Gasteiger partial charge in [0.15, 0.2) is 5.76 Å². The SMILES string of the molecule is C=Nc1cc(-c2cnn(CCCO)c2)oc1C(=C)N(C)CCC. The lowest BCUT2D eigenvalue weighted by atomic mass is 10.2. The van der Waals surface area contributed by atoms with E-state index in [9.17, 15) is 0 Å². The van der Waals surface area contributed by atoms with E-state index in [1.807, 2.05) is 24.2 Å². The van der Waals surface area contributed by atoms with Crippen LogP contribution >= 0.6 is 0 Å². The summed E-state index contributed by atoms with van der Waals surface area (Å²) in [5.74, 6) is 1.32. The van der Waals surface area contributed by atoms with Crippen LogP contribution in [0.3, 0.4) is 0 Å². The van der Waals surface area contributed by atoms with Crippen LogP contribution in [0.1, 0.15) is 25.5 Å². The van der Waals surface area contributed by atoms with Gasteiger partial charge in [0.25, 0.3) is 0 Å². The second-order valence-electron chi connectivity index (χ2n) is 5.42. The minimum absolute atomic E-state index is 0.147. The van der Waals surface area contributed by atoms with Crippen LogP contribution in [-0.2, 0) is 6.54 Å². The first-order chi connectivity index (χ1) is 11.1. The van der Waals surface area contributed by atoms with Gasteiger partial charge in [0, 0.05) is 39.0 Å². The molecule has 0 spiro atoms. The number of aliphatic hydroxyl groups excluding tert-OH is 1. The third kappa shape index (κ3) is 3.90. The lowest BCUT2D eigenvalue weighted by Gasteiger charge is -2.19. The Morgan fingerprint density at radius 3 is 2.96 bits per heavy atom. The van der Waals surface area contributed by atoms with Gasteiger partial charge in [0.2, 0.25) is 0 Å². The molecule has 0 aliphatic carbocycles. The molecule has 6 nitrogen and oxygen atoms in total. The Labute approximate surface area is 136 Å². The molecule has 0 radical (unpaired) electrons. The van der Waals surface area contributed by atoms with Gasteiger partial charge in [-0.05, 0) is 19.6 Å². The van der Waals surface area contributed by atoms with Crippen LogP contribution in [-0.4, -0.2) is 46.7 Å². The van der Waals surface area contributed by atoms with Gasteiger partial charge in [-0.1, -0.05) is 13.5 Å². The topological polar surface area (TPSA) is 66.8 Å². The van der Waals surface area contributed by atoms with Crippen LogP contribution in [0.4, 0.5) is 5.69 Å². The highest BCUT2D eigenvalue weighted by Gasteiger charge is 2.17. The van der Waals surface area contributed by atoms with Crippen molar-refractivity contribution in [3.63, 3.8) is 0 Å². The van der Waals surface area contributed by atoms with Gasteiger partial charge in [-0.3, -0.25) is 9.67 Å². The summed E-state index contributed by atoms with van der Waals surface area (Å²) in [5, 5.41) is 13.2. The maximum atomic E-state index is 8.89. The molecule has 1 N–H and O–H groups in total. The first kappa shape index (κ1) is 17.0. The van der Waals surface area contributed by atoms with E-state index in [1.165, 1.54) is 0 Å². The number of aliphatic imine (C=N–C) groups is 1. The van der Waals surface area contributed by atoms with Crippen molar-refractivity contribution in [2.24, 2.45) is 4.99 Å². The molecule has 6 heteroatoms. The van der Waals surface area contributed by atoms with Crippen LogP contribution in [0.25, 0.3) is 17.0 Å². The third-order valence-electron chi connectivity index (χ3n) is 3.63. The summed E-state index contributed by atoms with van der Waals surface area (Å²) >= 11 is 0. The summed E-state index contributed by atoms with van der Waals surface area (Å²) in [6.07, 6.45) is 5.33. The molecule has 0 saturated carbocycles. The first-order valence-corrected chi connectivity index (χ1v) is 7.75. The fraction of sp³-hybridized carbons (Fsp3) is 0.412. The lowest BCUT2D eigenvalue weighted by molar-refractivity contribution is 0.277. The largest absolute Gasteiger partial charge is 0.452 e. The minimum atomic E-state index is 0.147. The average molecular weight is 316 g/mol. The average Bonchev–Trinajstić information content (AvgIpc) is 3.18. The molecule has 0 saturated heterocycles. The quantitative estimate of drug-likeness (QED) is 0.722. The van der Waals surface area contributed by atoms with Crippen molar-refractivity contribution in [1.29, 1.82) is 0 Å². The van der Waals surface area contributed by atoms with E-state index >= 15 is 0 Å². The van der Waals surface area contributed by atoms with Gasteiger partial charge < -0.3 is 14.4 Å². The summed E-state index contributed by atoms with van der Waals surface area (Å²) in [4.78, 5) is 6.09. The molecule has 0 atom stereocenters. The highest BCUT2D eigenvalue weighted by atomic mass is 16.3. The van der Waals surface area contributed by atoms with Gasteiger partial charge in [0.05, 0.1) is 17.5 Å². The molecule has 0 bridgehead atoms. The Kier molecular flexibility index (Phi) is 5.76. The zero-order valence-corrected chi connectivity index (χ0v) is 13.8. The number of aromatic nitrogens is 2. The number of hydrogen-bond acceptors (Lipinski definition) is 5. The molecule has 0 aromatic carbocycles. The summed E-state index contributed by atoms with van der Waals surface area (Å²) in [6, 6.07) is 1.85. The summed E-state index contributed by atoms with van der Waals surface area (Å²) < 4.78 is 7.75. The van der Waals surface area contributed by atoms with Gasteiger partial charge >= 0.3 is 0 Å². The van der Waals surface area contributed by atoms with E-state index in [0.717, 1.165) is 24.2 Å². The molecule has 2 aromatic heterocycles. The van der Waals surface area contributed by atoms with Gasteiger partial charge in [-0.2, -0.15) is 5.10 Å². The van der Waals surface area contributed by atoms with E-state index in [0.29, 0.717) is 30.2 Å². The fourth-order valence-corrected chi connectivity index (χ4v) is 2.34. The molecule has 0 amide bonds. The molecular weight excluding hydrogens is 292 g/mol. The summed E-state index contributed by atoms with van der Waals surface area (Å²) in [7, 11) is 1.98. The van der Waals surface area contributed by atoms with E-state index in [1.54, 1.807) is 10.9 Å². The standard InChI is InChI=1S/C17H24N4O2/c1-5-7-20(4)13(2)17-15(18-3)10-16(23-17)14-11-19-21(12-14)8-6-9-22/h10-12,22H,2-3,5-9H2,1,4H3. The van der Waals surface area contributed by atoms with Gasteiger partial charge in [0.1, 0.15) is 11.4 Å². The van der Waals surface area contributed by atoms with Crippen molar-refractivity contribution in [3.8, 4) is 11.3 Å². The van der Waals surface area contributed by atoms with Gasteiger partial charge in [-0.15, -0.1) is 0 Å². The minimum Gasteiger partial charge on any atom is -0.452 e. The number of aliphatic hydroxyl groups is 1. The molecule has 2 rings (SSSR count). The van der Waals surface area contributed by atoms with Crippen molar-refractivity contribution in [1.82, 2.24) is 14.7 Å². The molecule has 0 aliphatic rings. The van der Waals surface area contributed by atoms with Crippen LogP contribution in [0, 0.1) is 0 Å². The monoisotopic (exact) mass is 316 g/mol. The predicted molar refractivity (Wildman–Crippen MR) is 92.8 cm³/mol. The normalized spacial score (nSPS) is 10.7. The van der Waals surface area contributed by atoms with E-state index < -0.39 is 0 Å². The number of hydrogen-bond donors (Lipinski definition) is 1. The third-order valence-corrected chi connectivity index (χ3v) is 3.63. The summed E-state index contributed by atoms with van der Waals surface area (Å²) in [5.41, 5.74) is 2.33. The molecule has 23 heavy (non-hydrogen) atoms. The zero-order chi connectivity index (χ0) is 16.8.